The summed E-state index contributed by atoms with van der Waals surface area (Å²) in [6.45, 7) is 7.69. The van der Waals surface area contributed by atoms with Gasteiger partial charge in [0.25, 0.3) is 0 Å². The highest BCUT2D eigenvalue weighted by atomic mass is 35.5. The highest BCUT2D eigenvalue weighted by Crippen LogP contribution is 2.30. The SMILES string of the molecule is CCC(CC)(CN)C(=O)N1CCCCC1C.Cl. The molecule has 0 spiro atoms. The first-order chi connectivity index (χ1) is 7.61. The Balaban J connectivity index is 0.00000256. The third kappa shape index (κ3) is 3.35. The summed E-state index contributed by atoms with van der Waals surface area (Å²) < 4.78 is 0. The molecule has 1 aliphatic heterocycles. The molecule has 0 aromatic heterocycles. The van der Waals surface area contributed by atoms with Gasteiger partial charge in [0.1, 0.15) is 0 Å². The van der Waals surface area contributed by atoms with Crippen LogP contribution in [0.3, 0.4) is 0 Å². The van der Waals surface area contributed by atoms with Gasteiger partial charge >= 0.3 is 0 Å². The molecule has 0 radical (unpaired) electrons. The molecular formula is C13H27ClN2O. The zero-order chi connectivity index (χ0) is 12.2. The van der Waals surface area contributed by atoms with E-state index in [4.69, 9.17) is 5.73 Å². The van der Waals surface area contributed by atoms with Crippen LogP contribution in [0.5, 0.6) is 0 Å². The maximum Gasteiger partial charge on any atom is 0.230 e. The molecule has 3 nitrogen and oxygen atoms in total. The van der Waals surface area contributed by atoms with Gasteiger partial charge in [0.05, 0.1) is 5.41 Å². The summed E-state index contributed by atoms with van der Waals surface area (Å²) in [5, 5.41) is 0. The normalized spacial score (nSPS) is 20.9. The lowest BCUT2D eigenvalue weighted by Gasteiger charge is -2.40. The number of hydrogen-bond donors (Lipinski definition) is 1. The zero-order valence-corrected chi connectivity index (χ0v) is 12.2. The van der Waals surface area contributed by atoms with Gasteiger partial charge in [0.2, 0.25) is 5.91 Å². The third-order valence-electron chi connectivity index (χ3n) is 4.26. The number of hydrogen-bond acceptors (Lipinski definition) is 2. The molecule has 1 aliphatic rings. The maximum atomic E-state index is 12.6. The van der Waals surface area contributed by atoms with Gasteiger partial charge in [-0.25, -0.2) is 0 Å². The van der Waals surface area contributed by atoms with Gasteiger partial charge < -0.3 is 10.6 Å². The van der Waals surface area contributed by atoms with Gasteiger partial charge in [-0.2, -0.15) is 0 Å². The molecule has 1 unspecified atom stereocenters. The highest BCUT2D eigenvalue weighted by Gasteiger charge is 2.38. The molecule has 1 saturated heterocycles. The van der Waals surface area contributed by atoms with E-state index >= 15 is 0 Å². The van der Waals surface area contributed by atoms with Crippen molar-refractivity contribution in [2.45, 2.75) is 58.9 Å². The number of likely N-dealkylation sites (tertiary alicyclic amines) is 1. The first kappa shape index (κ1) is 16.7. The largest absolute Gasteiger partial charge is 0.339 e. The van der Waals surface area contributed by atoms with Crippen LogP contribution >= 0.6 is 12.4 Å². The fraction of sp³-hybridized carbons (Fsp3) is 0.923. The fourth-order valence-electron chi connectivity index (χ4n) is 2.63. The lowest BCUT2D eigenvalue weighted by Crippen LogP contribution is -2.52. The first-order valence-electron chi connectivity index (χ1n) is 6.62. The number of rotatable bonds is 4. The summed E-state index contributed by atoms with van der Waals surface area (Å²) in [6.07, 6.45) is 5.23. The predicted molar refractivity (Wildman–Crippen MR) is 74.3 cm³/mol. The molecule has 1 heterocycles. The van der Waals surface area contributed by atoms with Crippen molar-refractivity contribution in [2.24, 2.45) is 11.1 Å². The Morgan fingerprint density at radius 2 is 1.94 bits per heavy atom. The molecule has 1 amide bonds. The number of halogens is 1. The summed E-state index contributed by atoms with van der Waals surface area (Å²) in [7, 11) is 0. The highest BCUT2D eigenvalue weighted by molar-refractivity contribution is 5.85. The fourth-order valence-corrected chi connectivity index (χ4v) is 2.63. The predicted octanol–water partition coefficient (Wildman–Crippen LogP) is 2.57. The minimum absolute atomic E-state index is 0. The van der Waals surface area contributed by atoms with Crippen LogP contribution in [0, 0.1) is 5.41 Å². The Bertz CT molecular complexity index is 233. The molecule has 0 aliphatic carbocycles. The number of nitrogens with two attached hydrogens (primary N) is 1. The minimum atomic E-state index is -0.314. The van der Waals surface area contributed by atoms with Crippen LogP contribution in [0.25, 0.3) is 0 Å². The Labute approximate surface area is 112 Å². The van der Waals surface area contributed by atoms with Crippen molar-refractivity contribution < 1.29 is 4.79 Å². The zero-order valence-electron chi connectivity index (χ0n) is 11.4. The molecule has 0 aromatic rings. The molecule has 1 atom stereocenters. The van der Waals surface area contributed by atoms with E-state index in [-0.39, 0.29) is 23.7 Å². The van der Waals surface area contributed by atoms with E-state index < -0.39 is 0 Å². The number of carbonyl (C=O) groups is 1. The van der Waals surface area contributed by atoms with Crippen LogP contribution in [-0.2, 0) is 4.79 Å². The smallest absolute Gasteiger partial charge is 0.230 e. The standard InChI is InChI=1S/C13H26N2O.ClH/c1-4-13(5-2,10-14)12(16)15-9-7-6-8-11(15)3;/h11H,4-10,14H2,1-3H3;1H. The van der Waals surface area contributed by atoms with Gasteiger partial charge in [0.15, 0.2) is 0 Å². The second-order valence-electron chi connectivity index (χ2n) is 5.03. The average Bonchev–Trinajstić information content (AvgIpc) is 2.32. The Morgan fingerprint density at radius 3 is 2.35 bits per heavy atom. The number of amides is 1. The summed E-state index contributed by atoms with van der Waals surface area (Å²) in [4.78, 5) is 14.6. The Morgan fingerprint density at radius 1 is 1.35 bits per heavy atom. The molecule has 1 fully saturated rings. The number of piperidine rings is 1. The average molecular weight is 263 g/mol. The van der Waals surface area contributed by atoms with Crippen molar-refractivity contribution in [1.29, 1.82) is 0 Å². The summed E-state index contributed by atoms with van der Waals surface area (Å²) in [5.74, 6) is 0.284. The van der Waals surface area contributed by atoms with Crippen LogP contribution in [0.4, 0.5) is 0 Å². The third-order valence-corrected chi connectivity index (χ3v) is 4.26. The summed E-state index contributed by atoms with van der Waals surface area (Å²) in [6, 6.07) is 0.394. The molecule has 0 bridgehead atoms. The van der Waals surface area contributed by atoms with Crippen molar-refractivity contribution in [3.8, 4) is 0 Å². The van der Waals surface area contributed by atoms with E-state index in [0.29, 0.717) is 12.6 Å². The van der Waals surface area contributed by atoms with Crippen molar-refractivity contribution in [2.75, 3.05) is 13.1 Å². The summed E-state index contributed by atoms with van der Waals surface area (Å²) >= 11 is 0. The van der Waals surface area contributed by atoms with E-state index in [1.807, 2.05) is 0 Å². The molecule has 2 N–H and O–H groups in total. The lowest BCUT2D eigenvalue weighted by molar-refractivity contribution is -0.145. The first-order valence-corrected chi connectivity index (χ1v) is 6.62. The molecule has 102 valence electrons. The van der Waals surface area contributed by atoms with Gasteiger partial charge in [-0.3, -0.25) is 4.79 Å². The minimum Gasteiger partial charge on any atom is -0.339 e. The van der Waals surface area contributed by atoms with Gasteiger partial charge in [-0.15, -0.1) is 12.4 Å². The van der Waals surface area contributed by atoms with Crippen LogP contribution in [0.1, 0.15) is 52.9 Å². The van der Waals surface area contributed by atoms with Crippen LogP contribution in [-0.4, -0.2) is 29.9 Å². The molecule has 0 aromatic carbocycles. The quantitative estimate of drug-likeness (QED) is 0.847. The second kappa shape index (κ2) is 7.22. The van der Waals surface area contributed by atoms with Gasteiger partial charge in [-0.05, 0) is 39.0 Å². The maximum absolute atomic E-state index is 12.6. The van der Waals surface area contributed by atoms with Crippen LogP contribution < -0.4 is 5.73 Å². The monoisotopic (exact) mass is 262 g/mol. The van der Waals surface area contributed by atoms with Gasteiger partial charge in [0, 0.05) is 19.1 Å². The summed E-state index contributed by atoms with van der Waals surface area (Å²) in [5.41, 5.74) is 5.52. The number of carbonyl (C=O) groups excluding carboxylic acids is 1. The topological polar surface area (TPSA) is 46.3 Å². The number of nitrogens with zero attached hydrogens (tertiary/aromatic N) is 1. The van der Waals surface area contributed by atoms with E-state index in [0.717, 1.165) is 32.2 Å². The van der Waals surface area contributed by atoms with Crippen molar-refractivity contribution >= 4 is 18.3 Å². The van der Waals surface area contributed by atoms with E-state index in [1.54, 1.807) is 0 Å². The van der Waals surface area contributed by atoms with Crippen LogP contribution in [0.15, 0.2) is 0 Å². The molecule has 4 heteroatoms. The van der Waals surface area contributed by atoms with Crippen LogP contribution in [0.2, 0.25) is 0 Å². The Hall–Kier alpha value is -0.280. The second-order valence-corrected chi connectivity index (χ2v) is 5.03. The lowest BCUT2D eigenvalue weighted by atomic mass is 9.80. The van der Waals surface area contributed by atoms with E-state index in [1.165, 1.54) is 6.42 Å². The molecule has 17 heavy (non-hydrogen) atoms. The van der Waals surface area contributed by atoms with Crippen molar-refractivity contribution in [1.82, 2.24) is 4.90 Å². The Kier molecular flexibility index (Phi) is 7.10. The van der Waals surface area contributed by atoms with Crippen molar-refractivity contribution in [3.63, 3.8) is 0 Å². The van der Waals surface area contributed by atoms with Gasteiger partial charge in [-0.1, -0.05) is 13.8 Å². The van der Waals surface area contributed by atoms with Crippen molar-refractivity contribution in [3.05, 3.63) is 0 Å². The van der Waals surface area contributed by atoms with E-state index in [9.17, 15) is 4.79 Å². The molecular weight excluding hydrogens is 236 g/mol. The molecule has 1 rings (SSSR count). The molecule has 0 saturated carbocycles. The van der Waals surface area contributed by atoms with E-state index in [2.05, 4.69) is 25.7 Å².